The first-order valence-corrected chi connectivity index (χ1v) is 16.4. The molecule has 0 saturated heterocycles. The van der Waals surface area contributed by atoms with Crippen molar-refractivity contribution in [3.63, 3.8) is 0 Å². The van der Waals surface area contributed by atoms with Crippen molar-refractivity contribution in [1.82, 2.24) is 19.1 Å². The second kappa shape index (κ2) is 10.9. The first-order valence-electron chi connectivity index (χ1n) is 16.4. The van der Waals surface area contributed by atoms with Crippen LogP contribution < -0.4 is 4.74 Å². The molecule has 5 heteroatoms. The molecule has 230 valence electrons. The van der Waals surface area contributed by atoms with E-state index in [0.717, 1.165) is 66.8 Å². The first-order chi connectivity index (χ1) is 24.3. The average Bonchev–Trinajstić information content (AvgIpc) is 3.67. The van der Waals surface area contributed by atoms with Crippen molar-refractivity contribution in [2.24, 2.45) is 0 Å². The Kier molecular flexibility index (Phi) is 6.11. The van der Waals surface area contributed by atoms with Crippen molar-refractivity contribution in [3.8, 4) is 34.3 Å². The van der Waals surface area contributed by atoms with E-state index in [4.69, 9.17) is 14.7 Å². The number of hydrogen-bond acceptors (Lipinski definition) is 3. The third-order valence-electron chi connectivity index (χ3n) is 9.44. The molecular weight excluding hydrogens is 601 g/mol. The number of aromatic nitrogens is 4. The van der Waals surface area contributed by atoms with Gasteiger partial charge in [-0.05, 0) is 60.0 Å². The van der Waals surface area contributed by atoms with Gasteiger partial charge in [0.25, 0.3) is 0 Å². The Labute approximate surface area is 281 Å². The van der Waals surface area contributed by atoms with E-state index in [9.17, 15) is 0 Å². The maximum atomic E-state index is 6.54. The van der Waals surface area contributed by atoms with Crippen LogP contribution in [-0.2, 0) is 0 Å². The fraction of sp³-hybridized carbons (Fsp3) is 0. The molecule has 4 aromatic heterocycles. The second-order valence-corrected chi connectivity index (χ2v) is 12.3. The fourth-order valence-corrected chi connectivity index (χ4v) is 7.23. The van der Waals surface area contributed by atoms with Gasteiger partial charge in [-0.2, -0.15) is 0 Å². The normalized spacial score (nSPS) is 11.7. The highest BCUT2D eigenvalue weighted by molar-refractivity contribution is 6.10. The van der Waals surface area contributed by atoms with Gasteiger partial charge in [0.2, 0.25) is 0 Å². The van der Waals surface area contributed by atoms with E-state index in [1.807, 2.05) is 42.7 Å². The van der Waals surface area contributed by atoms with E-state index in [1.165, 1.54) is 21.8 Å². The van der Waals surface area contributed by atoms with Crippen molar-refractivity contribution in [2.75, 3.05) is 0 Å². The number of ether oxygens (including phenoxy) is 1. The van der Waals surface area contributed by atoms with E-state index in [0.29, 0.717) is 0 Å². The van der Waals surface area contributed by atoms with E-state index in [1.54, 1.807) is 0 Å². The molecule has 0 unspecified atom stereocenters. The fourth-order valence-electron chi connectivity index (χ4n) is 7.23. The summed E-state index contributed by atoms with van der Waals surface area (Å²) in [5.74, 6) is 2.34. The van der Waals surface area contributed by atoms with Crippen molar-refractivity contribution in [1.29, 1.82) is 0 Å². The molecule has 0 fully saturated rings. The quantitative estimate of drug-likeness (QED) is 0.190. The van der Waals surface area contributed by atoms with Crippen LogP contribution in [0.3, 0.4) is 0 Å². The summed E-state index contributed by atoms with van der Waals surface area (Å²) in [7, 11) is 0. The molecule has 4 heterocycles. The summed E-state index contributed by atoms with van der Waals surface area (Å²) >= 11 is 0. The average molecular weight is 629 g/mol. The van der Waals surface area contributed by atoms with Gasteiger partial charge in [0, 0.05) is 57.0 Å². The maximum absolute atomic E-state index is 6.54. The zero-order valence-corrected chi connectivity index (χ0v) is 26.4. The Balaban J connectivity index is 1.09. The SMILES string of the molecule is c1cc(Oc2ccc3c4ccccc4n(-c4cc(-n5c6ccccc6c6ccccc65)ccn4)c3c2)cc(-c2cc3ccccc3cn2)c1. The molecule has 0 spiro atoms. The van der Waals surface area contributed by atoms with Gasteiger partial charge in [0.1, 0.15) is 17.3 Å². The van der Waals surface area contributed by atoms with Crippen LogP contribution in [0, 0.1) is 0 Å². The van der Waals surface area contributed by atoms with E-state index >= 15 is 0 Å². The Hall–Kier alpha value is -6.72. The van der Waals surface area contributed by atoms with E-state index in [2.05, 4.69) is 137 Å². The largest absolute Gasteiger partial charge is 0.457 e. The number of rotatable bonds is 5. The van der Waals surface area contributed by atoms with Crippen LogP contribution in [0.4, 0.5) is 0 Å². The van der Waals surface area contributed by atoms with Crippen LogP contribution >= 0.6 is 0 Å². The van der Waals surface area contributed by atoms with Crippen molar-refractivity contribution < 1.29 is 4.74 Å². The summed E-state index contributed by atoms with van der Waals surface area (Å²) < 4.78 is 11.1. The predicted octanol–water partition coefficient (Wildman–Crippen LogP) is 11.3. The van der Waals surface area contributed by atoms with Crippen molar-refractivity contribution in [2.45, 2.75) is 0 Å². The monoisotopic (exact) mass is 628 g/mol. The van der Waals surface area contributed by atoms with E-state index in [-0.39, 0.29) is 0 Å². The summed E-state index contributed by atoms with van der Waals surface area (Å²) in [6.45, 7) is 0. The third kappa shape index (κ3) is 4.48. The minimum Gasteiger partial charge on any atom is -0.457 e. The van der Waals surface area contributed by atoms with E-state index < -0.39 is 0 Å². The zero-order chi connectivity index (χ0) is 32.3. The second-order valence-electron chi connectivity index (χ2n) is 12.3. The lowest BCUT2D eigenvalue weighted by molar-refractivity contribution is 0.483. The Morgan fingerprint density at radius 2 is 1.06 bits per heavy atom. The third-order valence-corrected chi connectivity index (χ3v) is 9.44. The molecule has 0 N–H and O–H groups in total. The number of nitrogens with zero attached hydrogens (tertiary/aromatic N) is 4. The molecule has 6 aromatic carbocycles. The lowest BCUT2D eigenvalue weighted by Gasteiger charge is -2.12. The lowest BCUT2D eigenvalue weighted by Crippen LogP contribution is -2.01. The van der Waals surface area contributed by atoms with Crippen LogP contribution in [0.5, 0.6) is 11.5 Å². The molecule has 49 heavy (non-hydrogen) atoms. The van der Waals surface area contributed by atoms with Crippen LogP contribution in [-0.4, -0.2) is 19.1 Å². The minimum absolute atomic E-state index is 0.749. The maximum Gasteiger partial charge on any atom is 0.139 e. The molecule has 0 amide bonds. The van der Waals surface area contributed by atoms with Crippen LogP contribution in [0.25, 0.3) is 77.1 Å². The smallest absolute Gasteiger partial charge is 0.139 e. The topological polar surface area (TPSA) is 44.9 Å². The van der Waals surface area contributed by atoms with Gasteiger partial charge in [0.15, 0.2) is 0 Å². The van der Waals surface area contributed by atoms with Gasteiger partial charge < -0.3 is 9.30 Å². The summed E-state index contributed by atoms with van der Waals surface area (Å²) in [6.07, 6.45) is 3.83. The standard InChI is InChI=1S/C44H28N4O/c1-2-11-31-28-46-39(25-29(31)10-1)30-12-9-13-33(24-30)49-34-20-21-38-37-16-5-8-19-42(37)48(43(38)27-34)44-26-32(22-23-45-44)47-40-17-6-3-14-35(40)36-15-4-7-18-41(36)47/h1-28H. The number of para-hydroxylation sites is 3. The lowest BCUT2D eigenvalue weighted by atomic mass is 10.1. The van der Waals surface area contributed by atoms with Gasteiger partial charge in [0.05, 0.1) is 33.4 Å². The summed E-state index contributed by atoms with van der Waals surface area (Å²) in [4.78, 5) is 9.66. The van der Waals surface area contributed by atoms with Gasteiger partial charge in [-0.1, -0.05) is 91.0 Å². The number of hydrogen-bond donors (Lipinski definition) is 0. The molecule has 0 saturated carbocycles. The number of fused-ring (bicyclic) bond motifs is 7. The molecule has 0 radical (unpaired) electrons. The van der Waals surface area contributed by atoms with Crippen molar-refractivity contribution >= 4 is 54.4 Å². The van der Waals surface area contributed by atoms with Crippen LogP contribution in [0.1, 0.15) is 0 Å². The zero-order valence-electron chi connectivity index (χ0n) is 26.4. The minimum atomic E-state index is 0.749. The first kappa shape index (κ1) is 27.4. The highest BCUT2D eigenvalue weighted by Crippen LogP contribution is 2.37. The molecule has 0 atom stereocenters. The molecule has 0 bridgehead atoms. The van der Waals surface area contributed by atoms with Crippen LogP contribution in [0.2, 0.25) is 0 Å². The van der Waals surface area contributed by atoms with Crippen molar-refractivity contribution in [3.05, 3.63) is 170 Å². The molecule has 0 aliphatic carbocycles. The Morgan fingerprint density at radius 1 is 0.429 bits per heavy atom. The van der Waals surface area contributed by atoms with Gasteiger partial charge in [-0.3, -0.25) is 9.55 Å². The van der Waals surface area contributed by atoms with Gasteiger partial charge >= 0.3 is 0 Å². The van der Waals surface area contributed by atoms with Gasteiger partial charge in [-0.25, -0.2) is 4.98 Å². The van der Waals surface area contributed by atoms with Crippen LogP contribution in [0.15, 0.2) is 170 Å². The summed E-state index contributed by atoms with van der Waals surface area (Å²) in [5.41, 5.74) is 7.42. The highest BCUT2D eigenvalue weighted by Gasteiger charge is 2.17. The Bertz CT molecular complexity index is 2830. The Morgan fingerprint density at radius 3 is 1.82 bits per heavy atom. The molecule has 5 nitrogen and oxygen atoms in total. The molecule has 0 aliphatic heterocycles. The summed E-state index contributed by atoms with van der Waals surface area (Å²) in [6, 6.07) is 54.8. The molecule has 0 aliphatic rings. The molecule has 10 aromatic rings. The van der Waals surface area contributed by atoms with Gasteiger partial charge in [-0.15, -0.1) is 0 Å². The number of pyridine rings is 2. The summed E-state index contributed by atoms with van der Waals surface area (Å²) in [5, 5.41) is 7.05. The molecular formula is C44H28N4O. The highest BCUT2D eigenvalue weighted by atomic mass is 16.5. The predicted molar refractivity (Wildman–Crippen MR) is 200 cm³/mol. The number of benzene rings is 6. The molecule has 10 rings (SSSR count).